The summed E-state index contributed by atoms with van der Waals surface area (Å²) in [5.74, 6) is 0.437. The van der Waals surface area contributed by atoms with Crippen molar-refractivity contribution in [1.82, 2.24) is 5.32 Å². The first kappa shape index (κ1) is 23.3. The molecule has 4 nitrogen and oxygen atoms in total. The van der Waals surface area contributed by atoms with E-state index in [4.69, 9.17) is 9.47 Å². The summed E-state index contributed by atoms with van der Waals surface area (Å²) < 4.78 is 11.2. The molecule has 0 fully saturated rings. The number of hydrogen-bond donors (Lipinski definition) is 1. The van der Waals surface area contributed by atoms with Crippen molar-refractivity contribution in [3.63, 3.8) is 0 Å². The first-order valence-electron chi connectivity index (χ1n) is 11.0. The van der Waals surface area contributed by atoms with E-state index < -0.39 is 5.97 Å². The van der Waals surface area contributed by atoms with Gasteiger partial charge in [0, 0.05) is 5.57 Å². The maximum absolute atomic E-state index is 11.6. The molecule has 0 aliphatic carbocycles. The van der Waals surface area contributed by atoms with Crippen LogP contribution in [0.4, 0.5) is 0 Å². The molecule has 3 rings (SSSR count). The molecule has 3 aromatic carbocycles. The van der Waals surface area contributed by atoms with Gasteiger partial charge in [-0.25, -0.2) is 4.79 Å². The third-order valence-corrected chi connectivity index (χ3v) is 5.19. The number of nitrogens with one attached hydrogen (secondary N) is 1. The number of esters is 1. The summed E-state index contributed by atoms with van der Waals surface area (Å²) in [6, 6.07) is 25.2. The zero-order valence-electron chi connectivity index (χ0n) is 18.9. The van der Waals surface area contributed by atoms with Crippen LogP contribution in [-0.4, -0.2) is 32.8 Å². The van der Waals surface area contributed by atoms with Crippen LogP contribution < -0.4 is 10.1 Å². The van der Waals surface area contributed by atoms with Crippen LogP contribution >= 0.6 is 0 Å². The molecule has 0 saturated heterocycles. The fourth-order valence-electron chi connectivity index (χ4n) is 3.43. The quantitative estimate of drug-likeness (QED) is 0.242. The highest BCUT2D eigenvalue weighted by molar-refractivity contribution is 5.86. The van der Waals surface area contributed by atoms with Gasteiger partial charge < -0.3 is 14.8 Å². The van der Waals surface area contributed by atoms with Gasteiger partial charge in [0.05, 0.1) is 0 Å². The summed E-state index contributed by atoms with van der Waals surface area (Å²) in [5, 5.41) is 3.18. The van der Waals surface area contributed by atoms with Gasteiger partial charge in [-0.1, -0.05) is 73.3 Å². The fourth-order valence-corrected chi connectivity index (χ4v) is 3.43. The van der Waals surface area contributed by atoms with Crippen LogP contribution in [0.5, 0.6) is 5.75 Å². The zero-order valence-corrected chi connectivity index (χ0v) is 18.9. The molecule has 0 atom stereocenters. The summed E-state index contributed by atoms with van der Waals surface area (Å²) in [5.41, 5.74) is 6.15. The number of hydrogen-bond acceptors (Lipinski definition) is 4. The molecule has 166 valence electrons. The second kappa shape index (κ2) is 11.9. The van der Waals surface area contributed by atoms with Crippen LogP contribution in [0.15, 0.2) is 84.9 Å². The lowest BCUT2D eigenvalue weighted by atomic mass is 9.98. The van der Waals surface area contributed by atoms with E-state index in [0.29, 0.717) is 12.2 Å². The molecule has 0 saturated carbocycles. The lowest BCUT2D eigenvalue weighted by molar-refractivity contribution is -0.139. The van der Waals surface area contributed by atoms with E-state index in [1.54, 1.807) is 6.92 Å². The molecule has 0 aliphatic rings. The van der Waals surface area contributed by atoms with Crippen LogP contribution in [-0.2, 0) is 16.0 Å². The zero-order chi connectivity index (χ0) is 22.8. The van der Waals surface area contributed by atoms with Crippen molar-refractivity contribution in [2.24, 2.45) is 0 Å². The molecule has 0 spiro atoms. The molecule has 1 N–H and O–H groups in total. The van der Waals surface area contributed by atoms with Crippen molar-refractivity contribution in [1.29, 1.82) is 0 Å². The topological polar surface area (TPSA) is 47.6 Å². The monoisotopic (exact) mass is 429 g/mol. The van der Waals surface area contributed by atoms with Crippen LogP contribution in [0.1, 0.15) is 18.9 Å². The van der Waals surface area contributed by atoms with Gasteiger partial charge >= 0.3 is 5.97 Å². The first-order chi connectivity index (χ1) is 15.6. The number of aryl methyl sites for hydroxylation is 1. The van der Waals surface area contributed by atoms with E-state index in [-0.39, 0.29) is 6.61 Å². The molecule has 4 heteroatoms. The SMILES string of the molecule is C=C(C)C(=O)OCCOc1cc(-c2ccc(-c3ccccc3)cc2)ccc1CCCNC. The highest BCUT2D eigenvalue weighted by Gasteiger charge is 2.09. The van der Waals surface area contributed by atoms with Gasteiger partial charge in [0.2, 0.25) is 0 Å². The van der Waals surface area contributed by atoms with Crippen molar-refractivity contribution in [3.8, 4) is 28.0 Å². The Morgan fingerprint density at radius 1 is 0.875 bits per heavy atom. The minimum Gasteiger partial charge on any atom is -0.490 e. The van der Waals surface area contributed by atoms with E-state index in [1.807, 2.05) is 25.2 Å². The lowest BCUT2D eigenvalue weighted by Gasteiger charge is -2.14. The van der Waals surface area contributed by atoms with Crippen molar-refractivity contribution >= 4 is 5.97 Å². The maximum Gasteiger partial charge on any atom is 0.333 e. The summed E-state index contributed by atoms with van der Waals surface area (Å²) in [6.45, 7) is 6.67. The molecule has 0 unspecified atom stereocenters. The second-order valence-electron chi connectivity index (χ2n) is 7.74. The van der Waals surface area contributed by atoms with Crippen LogP contribution in [0.3, 0.4) is 0 Å². The number of benzene rings is 3. The standard InChI is InChI=1S/C28H31NO3/c1-21(2)28(30)32-19-18-31-27-20-26(16-15-25(27)10-7-17-29-3)24-13-11-23(12-14-24)22-8-5-4-6-9-22/h4-6,8-9,11-16,20,29H,1,7,10,17-19H2,2-3H3. The van der Waals surface area contributed by atoms with Gasteiger partial charge in [0.1, 0.15) is 19.0 Å². The van der Waals surface area contributed by atoms with Crippen molar-refractivity contribution < 1.29 is 14.3 Å². The molecule has 0 bridgehead atoms. The van der Waals surface area contributed by atoms with Crippen LogP contribution in [0, 0.1) is 0 Å². The Bertz CT molecular complexity index is 1030. The Morgan fingerprint density at radius 2 is 1.50 bits per heavy atom. The van der Waals surface area contributed by atoms with Gasteiger partial charge in [-0.05, 0) is 67.2 Å². The van der Waals surface area contributed by atoms with Crippen LogP contribution in [0.25, 0.3) is 22.3 Å². The number of carbonyl (C=O) groups excluding carboxylic acids is 1. The Kier molecular flexibility index (Phi) is 8.64. The smallest absolute Gasteiger partial charge is 0.333 e. The van der Waals surface area contributed by atoms with E-state index in [1.165, 1.54) is 11.1 Å². The third kappa shape index (κ3) is 6.56. The Labute approximate surface area is 190 Å². The average molecular weight is 430 g/mol. The van der Waals surface area contributed by atoms with E-state index in [0.717, 1.165) is 41.8 Å². The second-order valence-corrected chi connectivity index (χ2v) is 7.74. The van der Waals surface area contributed by atoms with Crippen molar-refractivity contribution in [2.75, 3.05) is 26.8 Å². The molecule has 0 radical (unpaired) electrons. The number of carbonyl (C=O) groups is 1. The first-order valence-corrected chi connectivity index (χ1v) is 11.0. The fraction of sp³-hybridized carbons (Fsp3) is 0.250. The van der Waals surface area contributed by atoms with E-state index >= 15 is 0 Å². The van der Waals surface area contributed by atoms with Crippen LogP contribution in [0.2, 0.25) is 0 Å². The van der Waals surface area contributed by atoms with Gasteiger partial charge in [-0.2, -0.15) is 0 Å². The molecular formula is C28H31NO3. The third-order valence-electron chi connectivity index (χ3n) is 5.19. The lowest BCUT2D eigenvalue weighted by Crippen LogP contribution is -2.13. The number of ether oxygens (including phenoxy) is 2. The Hall–Kier alpha value is -3.37. The van der Waals surface area contributed by atoms with E-state index in [2.05, 4.69) is 66.5 Å². The summed E-state index contributed by atoms with van der Waals surface area (Å²) in [7, 11) is 1.95. The van der Waals surface area contributed by atoms with Crippen molar-refractivity contribution in [2.45, 2.75) is 19.8 Å². The highest BCUT2D eigenvalue weighted by atomic mass is 16.6. The number of rotatable bonds is 11. The predicted octanol–water partition coefficient (Wildman–Crippen LogP) is 5.67. The molecule has 3 aromatic rings. The summed E-state index contributed by atoms with van der Waals surface area (Å²) in [4.78, 5) is 11.6. The Morgan fingerprint density at radius 3 is 2.16 bits per heavy atom. The summed E-state index contributed by atoms with van der Waals surface area (Å²) in [6.07, 6.45) is 1.93. The van der Waals surface area contributed by atoms with Gasteiger partial charge in [-0.15, -0.1) is 0 Å². The minimum absolute atomic E-state index is 0.192. The molecule has 0 aliphatic heterocycles. The van der Waals surface area contributed by atoms with Gasteiger partial charge in [0.15, 0.2) is 0 Å². The van der Waals surface area contributed by atoms with E-state index in [9.17, 15) is 4.79 Å². The normalized spacial score (nSPS) is 10.6. The highest BCUT2D eigenvalue weighted by Crippen LogP contribution is 2.30. The Balaban J connectivity index is 1.75. The van der Waals surface area contributed by atoms with Gasteiger partial charge in [-0.3, -0.25) is 0 Å². The molecule has 0 amide bonds. The average Bonchev–Trinajstić information content (AvgIpc) is 2.83. The molecule has 0 heterocycles. The maximum atomic E-state index is 11.6. The van der Waals surface area contributed by atoms with Gasteiger partial charge in [0.25, 0.3) is 0 Å². The predicted molar refractivity (Wildman–Crippen MR) is 131 cm³/mol. The minimum atomic E-state index is -0.393. The molecule has 0 aromatic heterocycles. The summed E-state index contributed by atoms with van der Waals surface area (Å²) >= 11 is 0. The van der Waals surface area contributed by atoms with Crippen molar-refractivity contribution in [3.05, 3.63) is 90.5 Å². The molecule has 32 heavy (non-hydrogen) atoms. The largest absolute Gasteiger partial charge is 0.490 e. The molecular weight excluding hydrogens is 398 g/mol.